The summed E-state index contributed by atoms with van der Waals surface area (Å²) >= 11 is 0. The van der Waals surface area contributed by atoms with Gasteiger partial charge in [0.25, 0.3) is 0 Å². The zero-order chi connectivity index (χ0) is 18.4. The largest absolute Gasteiger partial charge is 0.393 e. The van der Waals surface area contributed by atoms with Gasteiger partial charge in [-0.05, 0) is 85.4 Å². The van der Waals surface area contributed by atoms with Crippen LogP contribution >= 0.6 is 0 Å². The predicted octanol–water partition coefficient (Wildman–Crippen LogP) is 5.03. The molecule has 4 fully saturated rings. The Balaban J connectivity index is 0.000000880. The van der Waals surface area contributed by atoms with Crippen molar-refractivity contribution >= 4 is 0 Å². The summed E-state index contributed by atoms with van der Waals surface area (Å²) in [5.41, 5.74) is 0.408. The van der Waals surface area contributed by atoms with E-state index in [0.29, 0.717) is 23.2 Å². The van der Waals surface area contributed by atoms with Crippen LogP contribution in [0.5, 0.6) is 0 Å². The maximum Gasteiger partial charge on any atom is 0.0661 e. The number of nitrogens with zero attached hydrogens (tertiary/aromatic N) is 1. The fraction of sp³-hybridized carbons (Fsp3) is 0.870. The summed E-state index contributed by atoms with van der Waals surface area (Å²) in [6, 6.07) is 2.58. The summed E-state index contributed by atoms with van der Waals surface area (Å²) in [6.45, 7) is 7.23. The van der Waals surface area contributed by atoms with Gasteiger partial charge in [0.2, 0.25) is 0 Å². The molecule has 0 amide bonds. The van der Waals surface area contributed by atoms with Crippen LogP contribution in [-0.4, -0.2) is 11.2 Å². The quantitative estimate of drug-likeness (QED) is 0.628. The normalized spacial score (nSPS) is 54.0. The molecule has 0 aliphatic heterocycles. The van der Waals surface area contributed by atoms with Crippen molar-refractivity contribution in [2.24, 2.45) is 46.3 Å². The van der Waals surface area contributed by atoms with Crippen molar-refractivity contribution in [3.05, 3.63) is 0 Å². The fourth-order valence-electron chi connectivity index (χ4n) is 8.01. The number of aliphatic hydroxyl groups is 1. The van der Waals surface area contributed by atoms with E-state index in [-0.39, 0.29) is 17.4 Å². The lowest BCUT2D eigenvalue weighted by atomic mass is 9.43. The lowest BCUT2D eigenvalue weighted by Crippen LogP contribution is -2.58. The van der Waals surface area contributed by atoms with Crippen LogP contribution in [-0.2, 0) is 0 Å². The van der Waals surface area contributed by atoms with Gasteiger partial charge in [-0.15, -0.1) is 12.8 Å². The van der Waals surface area contributed by atoms with E-state index >= 15 is 0 Å². The molecule has 4 rings (SSSR count). The second kappa shape index (κ2) is 6.63. The van der Waals surface area contributed by atoms with Crippen LogP contribution in [0.25, 0.3) is 0 Å². The molecule has 9 unspecified atom stereocenters. The van der Waals surface area contributed by atoms with Crippen molar-refractivity contribution in [1.29, 1.82) is 5.26 Å². The molecule has 0 aromatic rings. The van der Waals surface area contributed by atoms with Gasteiger partial charge < -0.3 is 5.11 Å². The number of fused-ring (bicyclic) bond motifs is 5. The van der Waals surface area contributed by atoms with E-state index in [4.69, 9.17) is 0 Å². The summed E-state index contributed by atoms with van der Waals surface area (Å²) in [5, 5.41) is 20.8. The van der Waals surface area contributed by atoms with E-state index in [1.165, 1.54) is 38.5 Å². The summed E-state index contributed by atoms with van der Waals surface area (Å²) in [4.78, 5) is 0. The zero-order valence-electron chi connectivity index (χ0n) is 16.2. The van der Waals surface area contributed by atoms with E-state index in [9.17, 15) is 10.4 Å². The van der Waals surface area contributed by atoms with Crippen LogP contribution in [0.2, 0.25) is 0 Å². The first-order valence-electron chi connectivity index (χ1n) is 10.3. The Labute approximate surface area is 154 Å². The Kier molecular flexibility index (Phi) is 4.98. The smallest absolute Gasteiger partial charge is 0.0661 e. The van der Waals surface area contributed by atoms with E-state index in [1.807, 2.05) is 0 Å². The molecule has 1 N–H and O–H groups in total. The Morgan fingerprint density at radius 2 is 1.64 bits per heavy atom. The average molecular weight is 342 g/mol. The summed E-state index contributed by atoms with van der Waals surface area (Å²) in [6.07, 6.45) is 17.7. The van der Waals surface area contributed by atoms with Crippen LogP contribution in [0.4, 0.5) is 0 Å². The minimum Gasteiger partial charge on any atom is -0.393 e. The van der Waals surface area contributed by atoms with Crippen molar-refractivity contribution in [1.82, 2.24) is 0 Å². The molecule has 25 heavy (non-hydrogen) atoms. The minimum absolute atomic E-state index is 0.0683. The third-order valence-corrected chi connectivity index (χ3v) is 8.95. The second-order valence-electron chi connectivity index (χ2n) is 10.00. The van der Waals surface area contributed by atoms with Crippen molar-refractivity contribution in [2.75, 3.05) is 0 Å². The Morgan fingerprint density at radius 3 is 2.32 bits per heavy atom. The highest BCUT2D eigenvalue weighted by Crippen LogP contribution is 2.67. The van der Waals surface area contributed by atoms with Gasteiger partial charge in [-0.3, -0.25) is 0 Å². The van der Waals surface area contributed by atoms with Crippen LogP contribution < -0.4 is 0 Å². The summed E-state index contributed by atoms with van der Waals surface area (Å²) < 4.78 is 0. The minimum atomic E-state index is -0.187. The van der Waals surface area contributed by atoms with Crippen LogP contribution in [0.3, 0.4) is 0 Å². The van der Waals surface area contributed by atoms with Crippen LogP contribution in [0.15, 0.2) is 0 Å². The molecule has 4 saturated carbocycles. The highest BCUT2D eigenvalue weighted by molar-refractivity contribution is 5.14. The Hall–Kier alpha value is -0.990. The molecular weight excluding hydrogens is 306 g/mol. The number of aliphatic hydroxyl groups excluding tert-OH is 1. The first-order valence-corrected chi connectivity index (χ1v) is 10.3. The van der Waals surface area contributed by atoms with Gasteiger partial charge >= 0.3 is 0 Å². The molecule has 0 radical (unpaired) electrons. The van der Waals surface area contributed by atoms with Crippen LogP contribution in [0, 0.1) is 70.5 Å². The molecular formula is C23H35NO. The van der Waals surface area contributed by atoms with Gasteiger partial charge in [0, 0.05) is 0 Å². The molecule has 0 spiro atoms. The average Bonchev–Trinajstić information content (AvgIpc) is 2.91. The molecule has 4 aliphatic carbocycles. The van der Waals surface area contributed by atoms with Gasteiger partial charge in [0.1, 0.15) is 0 Å². The molecule has 4 aliphatic rings. The third-order valence-electron chi connectivity index (χ3n) is 8.95. The number of hydrogen-bond donors (Lipinski definition) is 1. The van der Waals surface area contributed by atoms with Crippen molar-refractivity contribution in [3.63, 3.8) is 0 Å². The molecule has 0 saturated heterocycles. The lowest BCUT2D eigenvalue weighted by Gasteiger charge is -2.62. The number of hydrogen-bond acceptors (Lipinski definition) is 2. The van der Waals surface area contributed by atoms with E-state index < -0.39 is 0 Å². The summed E-state index contributed by atoms with van der Waals surface area (Å²) in [5.74, 6) is 3.63. The highest BCUT2D eigenvalue weighted by atomic mass is 16.3. The molecule has 0 aromatic heterocycles. The molecule has 9 atom stereocenters. The molecule has 0 aromatic carbocycles. The molecule has 0 bridgehead atoms. The van der Waals surface area contributed by atoms with Crippen molar-refractivity contribution < 1.29 is 5.11 Å². The van der Waals surface area contributed by atoms with Gasteiger partial charge in [-0.2, -0.15) is 5.26 Å². The topological polar surface area (TPSA) is 44.0 Å². The standard InChI is InChI=1S/C21H33NO.C2H2/c1-13-4-5-14-6-8-16-17-9-7-15(12-22)20(17,2)11-18(23)19(16)21(14,3)10-13;1-2/h13-19,23H,4-11H2,1-3H3;1-2H. The predicted molar refractivity (Wildman–Crippen MR) is 101 cm³/mol. The lowest BCUT2D eigenvalue weighted by molar-refractivity contribution is -0.171. The van der Waals surface area contributed by atoms with Crippen LogP contribution in [0.1, 0.15) is 72.1 Å². The third kappa shape index (κ3) is 2.64. The monoisotopic (exact) mass is 341 g/mol. The fourth-order valence-corrected chi connectivity index (χ4v) is 8.01. The number of terminal acetylenes is 1. The number of rotatable bonds is 0. The van der Waals surface area contributed by atoms with Gasteiger partial charge in [0.15, 0.2) is 0 Å². The molecule has 138 valence electrons. The molecule has 2 heteroatoms. The first kappa shape index (κ1) is 18.8. The Morgan fingerprint density at radius 1 is 0.960 bits per heavy atom. The van der Waals surface area contributed by atoms with Crippen molar-refractivity contribution in [2.45, 2.75) is 78.2 Å². The maximum absolute atomic E-state index is 11.2. The highest BCUT2D eigenvalue weighted by Gasteiger charge is 2.63. The van der Waals surface area contributed by atoms with Gasteiger partial charge in [0.05, 0.1) is 18.1 Å². The summed E-state index contributed by atoms with van der Waals surface area (Å²) in [7, 11) is 0. The van der Waals surface area contributed by atoms with Crippen molar-refractivity contribution in [3.8, 4) is 18.9 Å². The van der Waals surface area contributed by atoms with E-state index in [1.54, 1.807) is 0 Å². The second-order valence-corrected chi connectivity index (χ2v) is 10.00. The SMILES string of the molecule is C#C.CC1CCC2CCC3C4CCC(C#N)C4(C)CC(O)C3C2(C)C1. The Bertz CT molecular complexity index is 562. The van der Waals surface area contributed by atoms with Gasteiger partial charge in [-0.25, -0.2) is 0 Å². The first-order chi connectivity index (χ1) is 11.9. The maximum atomic E-state index is 11.2. The van der Waals surface area contributed by atoms with Gasteiger partial charge in [-0.1, -0.05) is 27.2 Å². The molecule has 0 heterocycles. The zero-order valence-corrected chi connectivity index (χ0v) is 16.2. The molecule has 2 nitrogen and oxygen atoms in total. The van der Waals surface area contributed by atoms with E-state index in [2.05, 4.69) is 39.7 Å². The number of nitriles is 1. The van der Waals surface area contributed by atoms with E-state index in [0.717, 1.165) is 24.7 Å².